The molecular weight excluding hydrogens is 438 g/mol. The summed E-state index contributed by atoms with van der Waals surface area (Å²) < 4.78 is 5.42. The molecule has 0 saturated heterocycles. The van der Waals surface area contributed by atoms with E-state index in [0.717, 1.165) is 40.2 Å². The molecule has 2 aromatic rings. The maximum Gasteiger partial charge on any atom is 1.00 e. The summed E-state index contributed by atoms with van der Waals surface area (Å²) in [5.74, 6) is 1.65. The summed E-state index contributed by atoms with van der Waals surface area (Å²) in [4.78, 5) is 15.2. The molecular formula is C25H27BKN4O2-2. The Labute approximate surface area is 240 Å². The first kappa shape index (κ1) is 27.4. The van der Waals surface area contributed by atoms with E-state index in [1.807, 2.05) is 24.5 Å². The maximum absolute atomic E-state index is 10.8. The van der Waals surface area contributed by atoms with Crippen molar-refractivity contribution in [3.63, 3.8) is 0 Å². The second-order valence-electron chi connectivity index (χ2n) is 7.90. The van der Waals surface area contributed by atoms with E-state index in [1.54, 1.807) is 19.5 Å². The quantitative estimate of drug-likeness (QED) is 0.271. The summed E-state index contributed by atoms with van der Waals surface area (Å²) >= 11 is 0. The molecule has 0 spiro atoms. The third-order valence-electron chi connectivity index (χ3n) is 5.49. The third-order valence-corrected chi connectivity index (χ3v) is 5.49. The van der Waals surface area contributed by atoms with Crippen LogP contribution in [0.4, 0.5) is 5.69 Å². The van der Waals surface area contributed by atoms with Gasteiger partial charge in [0.15, 0.2) is 0 Å². The number of nitrogens with two attached hydrogens (primary N) is 1. The van der Waals surface area contributed by atoms with Gasteiger partial charge in [0.2, 0.25) is 0 Å². The Hall–Kier alpha value is -1.89. The Morgan fingerprint density at radius 2 is 2.00 bits per heavy atom. The van der Waals surface area contributed by atoms with Crippen molar-refractivity contribution in [2.75, 3.05) is 12.3 Å². The molecule has 1 aliphatic heterocycles. The summed E-state index contributed by atoms with van der Waals surface area (Å²) in [6, 6.07) is 11.7. The molecule has 165 valence electrons. The monoisotopic (exact) mass is 465 g/mol. The molecule has 6 nitrogen and oxygen atoms in total. The number of unbranched alkanes of at least 4 members (excludes halogenated alkanes) is 1. The van der Waals surface area contributed by atoms with Gasteiger partial charge >= 0.3 is 58.8 Å². The molecule has 0 aromatic heterocycles. The van der Waals surface area contributed by atoms with Crippen LogP contribution in [-0.2, 0) is 4.79 Å². The van der Waals surface area contributed by atoms with Crippen LogP contribution >= 0.6 is 0 Å². The fourth-order valence-corrected chi connectivity index (χ4v) is 3.65. The van der Waals surface area contributed by atoms with Crippen LogP contribution in [0.15, 0.2) is 35.2 Å². The molecule has 8 heteroatoms. The number of nitrogens with zero attached hydrogens (tertiary/aromatic N) is 2. The number of ether oxygens (including phenoxy) is 1. The van der Waals surface area contributed by atoms with E-state index in [1.165, 1.54) is 25.7 Å². The van der Waals surface area contributed by atoms with E-state index in [-0.39, 0.29) is 51.4 Å². The molecule has 2 aliphatic rings. The van der Waals surface area contributed by atoms with Crippen LogP contribution < -0.4 is 72.6 Å². The summed E-state index contributed by atoms with van der Waals surface area (Å²) in [7, 11) is 1.79. The van der Waals surface area contributed by atoms with Gasteiger partial charge in [-0.3, -0.25) is 25.0 Å². The fraction of sp³-hybridized carbons (Fsp3) is 0.320. The van der Waals surface area contributed by atoms with Crippen LogP contribution in [0.25, 0.3) is 0 Å². The molecule has 1 fully saturated rings. The zero-order chi connectivity index (χ0) is 22.9. The van der Waals surface area contributed by atoms with Gasteiger partial charge in [-0.05, 0) is 24.8 Å². The first-order chi connectivity index (χ1) is 15.5. The van der Waals surface area contributed by atoms with E-state index < -0.39 is 0 Å². The van der Waals surface area contributed by atoms with Crippen LogP contribution in [0.5, 0.6) is 5.75 Å². The predicted octanol–water partition coefficient (Wildman–Crippen LogP) is 0.00106. The zero-order valence-corrected chi connectivity index (χ0v) is 22.3. The van der Waals surface area contributed by atoms with E-state index in [4.69, 9.17) is 15.7 Å². The van der Waals surface area contributed by atoms with Gasteiger partial charge in [-0.25, -0.2) is 6.07 Å². The molecule has 0 unspecified atom stereocenters. The number of benzene rings is 2. The molecule has 33 heavy (non-hydrogen) atoms. The van der Waals surface area contributed by atoms with Gasteiger partial charge in [-0.2, -0.15) is 11.3 Å². The summed E-state index contributed by atoms with van der Waals surface area (Å²) in [5.41, 5.74) is 10.3. The van der Waals surface area contributed by atoms with Crippen LogP contribution in [0, 0.1) is 25.2 Å². The Kier molecular flexibility index (Phi) is 11.4. The smallest absolute Gasteiger partial charge is 0.509 e. The molecule has 2 aromatic carbocycles. The molecule has 0 amide bonds. The van der Waals surface area contributed by atoms with Crippen LogP contribution in [-0.4, -0.2) is 32.2 Å². The molecule has 1 radical (unpaired) electrons. The van der Waals surface area contributed by atoms with Gasteiger partial charge in [0.1, 0.15) is 5.84 Å². The maximum atomic E-state index is 10.8. The largest absolute Gasteiger partial charge is 1.00 e. The van der Waals surface area contributed by atoms with Crippen molar-refractivity contribution in [2.24, 2.45) is 4.90 Å². The summed E-state index contributed by atoms with van der Waals surface area (Å²) in [6.45, 7) is 8.21. The van der Waals surface area contributed by atoms with Crippen molar-refractivity contribution < 1.29 is 60.9 Å². The molecule has 1 aliphatic carbocycles. The molecule has 1 heterocycles. The van der Waals surface area contributed by atoms with Gasteiger partial charge in [0.05, 0.1) is 19.0 Å². The van der Waals surface area contributed by atoms with Gasteiger partial charge < -0.3 is 25.5 Å². The van der Waals surface area contributed by atoms with Gasteiger partial charge in [-0.15, -0.1) is 17.7 Å². The number of hydrogen-bond acceptors (Lipinski definition) is 6. The Morgan fingerprint density at radius 1 is 1.24 bits per heavy atom. The number of fused-ring (bicyclic) bond motifs is 1. The minimum absolute atomic E-state index is 0. The first-order valence-electron chi connectivity index (χ1n) is 10.8. The van der Waals surface area contributed by atoms with E-state index in [9.17, 15) is 4.79 Å². The molecule has 1 saturated carbocycles. The van der Waals surface area contributed by atoms with Gasteiger partial charge in [0, 0.05) is 18.2 Å². The molecule has 0 bridgehead atoms. The Bertz CT molecular complexity index is 1030. The molecule has 4 rings (SSSR count). The average Bonchev–Trinajstić information content (AvgIpc) is 3.44. The van der Waals surface area contributed by atoms with Crippen molar-refractivity contribution in [3.05, 3.63) is 66.4 Å². The van der Waals surface area contributed by atoms with Gasteiger partial charge in [-0.1, -0.05) is 30.1 Å². The second-order valence-corrected chi connectivity index (χ2v) is 7.90. The third kappa shape index (κ3) is 7.83. The summed E-state index contributed by atoms with van der Waals surface area (Å²) in [6.07, 6.45) is 8.09. The Morgan fingerprint density at radius 3 is 2.67 bits per heavy atom. The number of nitriles is 1. The number of carbonyl (C=O) groups excluding carboxylic acids is 1. The summed E-state index contributed by atoms with van der Waals surface area (Å²) in [5, 5.41) is 11.8. The minimum Gasteiger partial charge on any atom is -0.509 e. The van der Waals surface area contributed by atoms with Crippen molar-refractivity contribution in [3.8, 4) is 11.8 Å². The van der Waals surface area contributed by atoms with Crippen molar-refractivity contribution in [2.45, 2.75) is 44.6 Å². The Balaban J connectivity index is 0.000000235. The van der Waals surface area contributed by atoms with Crippen molar-refractivity contribution in [1.29, 1.82) is 5.26 Å². The molecule has 3 N–H and O–H groups in total. The van der Waals surface area contributed by atoms with E-state index >= 15 is 0 Å². The number of rotatable bonds is 6. The zero-order valence-electron chi connectivity index (χ0n) is 19.2. The predicted molar refractivity (Wildman–Crippen MR) is 129 cm³/mol. The number of nitrogens with one attached hydrogen (secondary N) is 1. The topological polar surface area (TPSA) is 100 Å². The number of amidine groups is 1. The van der Waals surface area contributed by atoms with Crippen molar-refractivity contribution >= 4 is 30.7 Å². The average molecular weight is 465 g/mol. The number of anilines is 1. The van der Waals surface area contributed by atoms with Crippen molar-refractivity contribution in [1.82, 2.24) is 5.32 Å². The van der Waals surface area contributed by atoms with E-state index in [2.05, 4.69) is 30.1 Å². The van der Waals surface area contributed by atoms with E-state index in [0.29, 0.717) is 30.3 Å². The SMILES string of the molecule is Nc1cc2c(cc1[C-]=O)C(NC1CCCC1)=N[B]2.[CH2-]c1ccc(OCCCC#N)cc1[CH2-].[K+]. The fourth-order valence-electron chi connectivity index (χ4n) is 3.65. The van der Waals surface area contributed by atoms with Crippen LogP contribution in [0.3, 0.4) is 0 Å². The van der Waals surface area contributed by atoms with Crippen LogP contribution in [0.2, 0.25) is 0 Å². The first-order valence-corrected chi connectivity index (χ1v) is 10.8. The normalized spacial score (nSPS) is 13.8. The van der Waals surface area contributed by atoms with Gasteiger partial charge in [0.25, 0.3) is 0 Å². The molecule has 0 atom stereocenters. The number of hydrogen-bond donors (Lipinski definition) is 2. The second kappa shape index (κ2) is 13.7. The van der Waals surface area contributed by atoms with Crippen LogP contribution in [0.1, 0.15) is 60.8 Å². The minimum atomic E-state index is 0. The number of nitrogen functional groups attached to an aromatic ring is 1. The standard InChI is InChI=1S/C13H14BN3O.C12H13NO.K/c15-12-6-11-10(5-8(12)7-18)13(17-14-11)16-9-3-1-2-4-9;1-10-5-6-12(9-11(10)2)14-8-4-3-7-13;/h5-6,9H,1-4,15H2,(H,16,17);5-6,9H,1-4,8H2;/q-1;-2;+1.